The number of nitrogens with zero attached hydrogens (tertiary/aromatic N) is 1. The molecule has 0 unspecified atom stereocenters. The van der Waals surface area contributed by atoms with Crippen molar-refractivity contribution >= 4 is 46.7 Å². The van der Waals surface area contributed by atoms with E-state index in [0.717, 1.165) is 17.0 Å². The molecule has 1 aromatic carbocycles. The Morgan fingerprint density at radius 3 is 3.12 bits per heavy atom. The van der Waals surface area contributed by atoms with Crippen molar-refractivity contribution in [2.24, 2.45) is 0 Å². The summed E-state index contributed by atoms with van der Waals surface area (Å²) in [7, 11) is 1.52. The number of benzene rings is 1. The van der Waals surface area contributed by atoms with Gasteiger partial charge in [-0.2, -0.15) is 11.8 Å². The van der Waals surface area contributed by atoms with Gasteiger partial charge in [-0.15, -0.1) is 0 Å². The standard InChI is InChI=1S/C15H14ClN3O3S2/c1-22-12-3-2-8(16)4-10(12)17-13(20)7-24-15-18-11-6-23-5-9(11)14(21)19-15/h2-4H,5-7H2,1H3,(H,17,20)(H,18,19,21). The number of amides is 1. The third-order valence-electron chi connectivity index (χ3n) is 3.34. The minimum atomic E-state index is -0.238. The number of H-pyrrole nitrogens is 1. The minimum Gasteiger partial charge on any atom is -0.495 e. The van der Waals surface area contributed by atoms with E-state index in [1.807, 2.05) is 0 Å². The fraction of sp³-hybridized carbons (Fsp3) is 0.267. The predicted octanol–water partition coefficient (Wildman–Crippen LogP) is 2.91. The van der Waals surface area contributed by atoms with E-state index in [9.17, 15) is 9.59 Å². The molecule has 0 bridgehead atoms. The molecule has 2 heterocycles. The van der Waals surface area contributed by atoms with Crippen molar-refractivity contribution < 1.29 is 9.53 Å². The van der Waals surface area contributed by atoms with Crippen LogP contribution in [-0.4, -0.2) is 28.7 Å². The van der Waals surface area contributed by atoms with Crippen LogP contribution >= 0.6 is 35.1 Å². The molecule has 1 amide bonds. The van der Waals surface area contributed by atoms with E-state index in [2.05, 4.69) is 15.3 Å². The van der Waals surface area contributed by atoms with Crippen molar-refractivity contribution in [2.75, 3.05) is 18.2 Å². The first-order valence-electron chi connectivity index (χ1n) is 7.03. The molecule has 0 saturated heterocycles. The number of thioether (sulfide) groups is 2. The molecule has 3 rings (SSSR count). The monoisotopic (exact) mass is 383 g/mol. The lowest BCUT2D eigenvalue weighted by Crippen LogP contribution is -2.17. The molecular weight excluding hydrogens is 370 g/mol. The number of hydrogen-bond donors (Lipinski definition) is 2. The molecular formula is C15H14ClN3O3S2. The van der Waals surface area contributed by atoms with Gasteiger partial charge in [0, 0.05) is 22.1 Å². The van der Waals surface area contributed by atoms with E-state index in [1.54, 1.807) is 30.0 Å². The van der Waals surface area contributed by atoms with Crippen LogP contribution < -0.4 is 15.6 Å². The summed E-state index contributed by atoms with van der Waals surface area (Å²) < 4.78 is 5.19. The largest absolute Gasteiger partial charge is 0.495 e. The SMILES string of the molecule is COc1ccc(Cl)cc1NC(=O)CSc1nc2c(c(=O)[nH]1)CSC2. The van der Waals surface area contributed by atoms with E-state index >= 15 is 0 Å². The number of methoxy groups -OCH3 is 1. The molecule has 0 radical (unpaired) electrons. The molecule has 0 saturated carbocycles. The molecule has 0 spiro atoms. The summed E-state index contributed by atoms with van der Waals surface area (Å²) in [6.45, 7) is 0. The zero-order chi connectivity index (χ0) is 17.1. The number of carbonyl (C=O) groups is 1. The van der Waals surface area contributed by atoms with Crippen molar-refractivity contribution in [3.63, 3.8) is 0 Å². The lowest BCUT2D eigenvalue weighted by atomic mass is 10.3. The minimum absolute atomic E-state index is 0.116. The van der Waals surface area contributed by atoms with Crippen LogP contribution in [0.1, 0.15) is 11.3 Å². The molecule has 126 valence electrons. The van der Waals surface area contributed by atoms with Crippen LogP contribution in [0.4, 0.5) is 5.69 Å². The number of carbonyl (C=O) groups excluding carboxylic acids is 1. The molecule has 2 aromatic rings. The van der Waals surface area contributed by atoms with E-state index in [0.29, 0.717) is 27.4 Å². The average molecular weight is 384 g/mol. The second-order valence-electron chi connectivity index (χ2n) is 4.97. The van der Waals surface area contributed by atoms with Gasteiger partial charge in [0.1, 0.15) is 5.75 Å². The first-order chi connectivity index (χ1) is 11.6. The van der Waals surface area contributed by atoms with Crippen LogP contribution in [0, 0.1) is 0 Å². The summed E-state index contributed by atoms with van der Waals surface area (Å²) in [4.78, 5) is 31.2. The smallest absolute Gasteiger partial charge is 0.255 e. The lowest BCUT2D eigenvalue weighted by molar-refractivity contribution is -0.113. The summed E-state index contributed by atoms with van der Waals surface area (Å²) in [5, 5.41) is 3.70. The Morgan fingerprint density at radius 2 is 2.33 bits per heavy atom. The fourth-order valence-corrected chi connectivity index (χ4v) is 4.09. The number of aromatic nitrogens is 2. The number of halogens is 1. The van der Waals surface area contributed by atoms with Crippen LogP contribution in [-0.2, 0) is 16.3 Å². The maximum Gasteiger partial charge on any atom is 0.255 e. The van der Waals surface area contributed by atoms with Gasteiger partial charge < -0.3 is 15.0 Å². The zero-order valence-corrected chi connectivity index (χ0v) is 15.1. The Morgan fingerprint density at radius 1 is 1.50 bits per heavy atom. The van der Waals surface area contributed by atoms with Gasteiger partial charge in [0.2, 0.25) is 5.91 Å². The topological polar surface area (TPSA) is 84.1 Å². The van der Waals surface area contributed by atoms with Gasteiger partial charge in [-0.25, -0.2) is 4.98 Å². The Kier molecular flexibility index (Phi) is 5.37. The molecule has 0 atom stereocenters. The van der Waals surface area contributed by atoms with Gasteiger partial charge in [-0.3, -0.25) is 9.59 Å². The van der Waals surface area contributed by atoms with E-state index in [4.69, 9.17) is 16.3 Å². The maximum atomic E-state index is 12.1. The molecule has 0 fully saturated rings. The quantitative estimate of drug-likeness (QED) is 0.610. The molecule has 0 aliphatic carbocycles. The van der Waals surface area contributed by atoms with Crippen LogP contribution in [0.15, 0.2) is 28.2 Å². The summed E-state index contributed by atoms with van der Waals surface area (Å²) in [5.74, 6) is 1.83. The summed E-state index contributed by atoms with van der Waals surface area (Å²) in [5.41, 5.74) is 1.92. The fourth-order valence-electron chi connectivity index (χ4n) is 2.21. The summed E-state index contributed by atoms with van der Waals surface area (Å²) in [6.07, 6.45) is 0. The third-order valence-corrected chi connectivity index (χ3v) is 5.42. The van der Waals surface area contributed by atoms with Gasteiger partial charge in [-0.1, -0.05) is 23.4 Å². The maximum absolute atomic E-state index is 12.1. The van der Waals surface area contributed by atoms with Crippen LogP contribution in [0.5, 0.6) is 5.75 Å². The lowest BCUT2D eigenvalue weighted by Gasteiger charge is -2.10. The zero-order valence-electron chi connectivity index (χ0n) is 12.7. The van der Waals surface area contributed by atoms with E-state index in [-0.39, 0.29) is 17.2 Å². The van der Waals surface area contributed by atoms with Crippen LogP contribution in [0.3, 0.4) is 0 Å². The van der Waals surface area contributed by atoms with Crippen LogP contribution in [0.25, 0.3) is 0 Å². The van der Waals surface area contributed by atoms with Gasteiger partial charge >= 0.3 is 0 Å². The number of fused-ring (bicyclic) bond motifs is 1. The molecule has 9 heteroatoms. The number of rotatable bonds is 5. The van der Waals surface area contributed by atoms with Crippen molar-refractivity contribution in [3.05, 3.63) is 44.8 Å². The van der Waals surface area contributed by atoms with Crippen molar-refractivity contribution in [1.29, 1.82) is 0 Å². The number of hydrogen-bond acceptors (Lipinski definition) is 6. The number of anilines is 1. The Hall–Kier alpha value is -1.64. The number of aromatic amines is 1. The third kappa shape index (κ3) is 3.88. The molecule has 1 aliphatic rings. The number of ether oxygens (including phenoxy) is 1. The van der Waals surface area contributed by atoms with E-state index < -0.39 is 0 Å². The first-order valence-corrected chi connectivity index (χ1v) is 9.54. The highest BCUT2D eigenvalue weighted by atomic mass is 35.5. The van der Waals surface area contributed by atoms with Gasteiger partial charge in [0.15, 0.2) is 5.16 Å². The highest BCUT2D eigenvalue weighted by Crippen LogP contribution is 2.29. The molecule has 24 heavy (non-hydrogen) atoms. The van der Waals surface area contributed by atoms with Crippen molar-refractivity contribution in [1.82, 2.24) is 9.97 Å². The summed E-state index contributed by atoms with van der Waals surface area (Å²) >= 11 is 8.78. The second-order valence-corrected chi connectivity index (χ2v) is 7.36. The Bertz CT molecular complexity index is 841. The summed E-state index contributed by atoms with van der Waals surface area (Å²) in [6, 6.07) is 4.99. The predicted molar refractivity (Wildman–Crippen MR) is 97.2 cm³/mol. The molecule has 1 aromatic heterocycles. The average Bonchev–Trinajstić information content (AvgIpc) is 3.02. The molecule has 6 nitrogen and oxygen atoms in total. The Balaban J connectivity index is 1.65. The highest BCUT2D eigenvalue weighted by Gasteiger charge is 2.18. The normalized spacial score (nSPS) is 12.8. The van der Waals surface area contributed by atoms with Gasteiger partial charge in [0.25, 0.3) is 5.56 Å². The second kappa shape index (κ2) is 7.50. The first kappa shape index (κ1) is 17.2. The Labute approximate surface area is 151 Å². The van der Waals surface area contributed by atoms with Gasteiger partial charge in [-0.05, 0) is 18.2 Å². The number of nitrogens with one attached hydrogen (secondary N) is 2. The van der Waals surface area contributed by atoms with Gasteiger partial charge in [0.05, 0.1) is 24.2 Å². The molecule has 1 aliphatic heterocycles. The van der Waals surface area contributed by atoms with Crippen molar-refractivity contribution in [3.8, 4) is 5.75 Å². The van der Waals surface area contributed by atoms with Crippen LogP contribution in [0.2, 0.25) is 5.02 Å². The molecule has 2 N–H and O–H groups in total. The van der Waals surface area contributed by atoms with Crippen molar-refractivity contribution in [2.45, 2.75) is 16.7 Å². The highest BCUT2D eigenvalue weighted by molar-refractivity contribution is 7.99. The van der Waals surface area contributed by atoms with E-state index in [1.165, 1.54) is 18.9 Å².